The summed E-state index contributed by atoms with van der Waals surface area (Å²) in [6.07, 6.45) is 5.67. The number of rotatable bonds is 11. The van der Waals surface area contributed by atoms with Crippen LogP contribution in [0.1, 0.15) is 52.7 Å². The SMILES string of the molecule is CC(C)(C)c1ccnc(-c2[c-]cc(-c3ccccc3-c3cc(-c4ccccc4-c4c[c-]c(-c5cc(C(C)(C)C)ccn5)cc4)cc(-c4ccccc4-c4[c-]cc(-c5ccccn5)cc4-c4ccc(-c5ccccc5)cc4)c3)cc2)c1.[Ir+3]. The van der Waals surface area contributed by atoms with Crippen molar-refractivity contribution in [1.82, 2.24) is 15.0 Å². The van der Waals surface area contributed by atoms with E-state index < -0.39 is 0 Å². The predicted molar refractivity (Wildman–Crippen MR) is 334 cm³/mol. The fourth-order valence-electron chi connectivity index (χ4n) is 10.7. The Hall–Kier alpha value is -8.92. The first-order valence-electron chi connectivity index (χ1n) is 27.5. The average molecular weight is 1220 g/mol. The molecule has 12 aromatic rings. The van der Waals surface area contributed by atoms with Gasteiger partial charge in [-0.2, -0.15) is 0 Å². The van der Waals surface area contributed by atoms with E-state index in [-0.39, 0.29) is 30.9 Å². The molecule has 4 heteroatoms. The van der Waals surface area contributed by atoms with Crippen LogP contribution in [0.25, 0.3) is 123 Å². The van der Waals surface area contributed by atoms with Crippen LogP contribution in [0.2, 0.25) is 0 Å². The van der Waals surface area contributed by atoms with Gasteiger partial charge in [-0.25, -0.2) is 0 Å². The van der Waals surface area contributed by atoms with Crippen LogP contribution in [-0.4, -0.2) is 15.0 Å². The fourth-order valence-corrected chi connectivity index (χ4v) is 10.7. The number of benzene rings is 9. The van der Waals surface area contributed by atoms with Crippen molar-refractivity contribution in [2.45, 2.75) is 52.4 Å². The summed E-state index contributed by atoms with van der Waals surface area (Å²) in [5, 5.41) is 0. The molecule has 0 amide bonds. The van der Waals surface area contributed by atoms with Crippen LogP contribution in [0.15, 0.2) is 255 Å². The molecule has 0 atom stereocenters. The predicted octanol–water partition coefficient (Wildman–Crippen LogP) is 20.2. The van der Waals surface area contributed by atoms with Crippen molar-refractivity contribution in [3.05, 3.63) is 285 Å². The van der Waals surface area contributed by atoms with E-state index in [0.717, 1.165) is 112 Å². The van der Waals surface area contributed by atoms with E-state index in [4.69, 9.17) is 15.0 Å². The van der Waals surface area contributed by atoms with Gasteiger partial charge in [0.1, 0.15) is 0 Å². The zero-order valence-corrected chi connectivity index (χ0v) is 48.8. The van der Waals surface area contributed by atoms with Crippen molar-refractivity contribution in [2.75, 3.05) is 0 Å². The molecule has 0 aliphatic heterocycles. The molecule has 81 heavy (non-hydrogen) atoms. The van der Waals surface area contributed by atoms with Crippen LogP contribution in [0, 0.1) is 18.2 Å². The minimum absolute atomic E-state index is 0. The van der Waals surface area contributed by atoms with Crippen molar-refractivity contribution in [2.24, 2.45) is 0 Å². The van der Waals surface area contributed by atoms with Gasteiger partial charge in [-0.3, -0.25) is 4.98 Å². The van der Waals surface area contributed by atoms with Crippen molar-refractivity contribution >= 4 is 0 Å². The zero-order valence-electron chi connectivity index (χ0n) is 46.4. The standard InChI is InChI=1S/C77H60N3.Ir/c1-76(2,3)63-41-44-79-74(50-63)57-35-31-54(32-36-57)65-20-10-12-22-67(65)60-46-61(68-23-13-11-21-66(68)55-33-37-58(38-34-55)75-51-64(42-45-80-75)77(4,5)6)48-62(47-60)69-24-14-15-25-70(69)71-40-39-59(73-26-16-17-43-78-73)49-72(71)56-29-27-53(28-30-56)52-18-8-7-9-19-52;/h7-35,37,39,41-51H,1-6H3;/q-3;+3. The number of hydrogen-bond donors (Lipinski definition) is 0. The average Bonchev–Trinajstić information content (AvgIpc) is 3.51. The molecule has 0 aliphatic rings. The maximum Gasteiger partial charge on any atom is 3.00 e. The van der Waals surface area contributed by atoms with Gasteiger partial charge in [0.25, 0.3) is 0 Å². The third kappa shape index (κ3) is 11.6. The van der Waals surface area contributed by atoms with Gasteiger partial charge in [0, 0.05) is 24.3 Å². The third-order valence-electron chi connectivity index (χ3n) is 15.2. The van der Waals surface area contributed by atoms with Gasteiger partial charge >= 0.3 is 20.1 Å². The molecule has 0 spiro atoms. The summed E-state index contributed by atoms with van der Waals surface area (Å²) < 4.78 is 0. The first kappa shape index (κ1) is 54.1. The minimum Gasteiger partial charge on any atom is -0.305 e. The van der Waals surface area contributed by atoms with E-state index in [1.54, 1.807) is 0 Å². The second-order valence-corrected chi connectivity index (χ2v) is 22.6. The Morgan fingerprint density at radius 2 is 0.667 bits per heavy atom. The summed E-state index contributed by atoms with van der Waals surface area (Å²) in [6.45, 7) is 13.4. The van der Waals surface area contributed by atoms with Crippen molar-refractivity contribution in [1.29, 1.82) is 0 Å². The monoisotopic (exact) mass is 1220 g/mol. The van der Waals surface area contributed by atoms with Gasteiger partial charge < -0.3 is 9.97 Å². The summed E-state index contributed by atoms with van der Waals surface area (Å²) in [5.41, 5.74) is 25.8. The van der Waals surface area contributed by atoms with Crippen LogP contribution in [0.4, 0.5) is 0 Å². The maximum absolute atomic E-state index is 4.77. The van der Waals surface area contributed by atoms with Gasteiger partial charge in [-0.1, -0.05) is 232 Å². The fraction of sp³-hybridized carbons (Fsp3) is 0.104. The maximum atomic E-state index is 4.77. The second kappa shape index (κ2) is 23.0. The van der Waals surface area contributed by atoms with E-state index in [9.17, 15) is 0 Å². The first-order valence-corrected chi connectivity index (χ1v) is 27.5. The van der Waals surface area contributed by atoms with E-state index >= 15 is 0 Å². The smallest absolute Gasteiger partial charge is 0.305 e. The van der Waals surface area contributed by atoms with Crippen LogP contribution >= 0.6 is 0 Å². The van der Waals surface area contributed by atoms with Gasteiger partial charge in [-0.15, -0.1) is 89.0 Å². The number of aromatic nitrogens is 3. The molecule has 3 nitrogen and oxygen atoms in total. The number of nitrogens with zero attached hydrogens (tertiary/aromatic N) is 3. The molecule has 0 unspecified atom stereocenters. The molecule has 0 saturated carbocycles. The molecule has 0 saturated heterocycles. The van der Waals surface area contributed by atoms with Crippen LogP contribution in [0.3, 0.4) is 0 Å². The molecule has 12 rings (SSSR count). The quantitative estimate of drug-likeness (QED) is 0.121. The second-order valence-electron chi connectivity index (χ2n) is 22.6. The van der Waals surface area contributed by atoms with Gasteiger partial charge in [0.2, 0.25) is 0 Å². The Labute approximate surface area is 491 Å². The molecule has 3 heterocycles. The Morgan fingerprint density at radius 3 is 1.12 bits per heavy atom. The van der Waals surface area contributed by atoms with E-state index in [1.165, 1.54) is 22.3 Å². The molecule has 392 valence electrons. The minimum atomic E-state index is 0. The van der Waals surface area contributed by atoms with Crippen LogP contribution < -0.4 is 0 Å². The molecule has 9 aromatic carbocycles. The molecule has 0 radical (unpaired) electrons. The summed E-state index contributed by atoms with van der Waals surface area (Å²) >= 11 is 0. The Kier molecular flexibility index (Phi) is 15.4. The Morgan fingerprint density at radius 1 is 0.272 bits per heavy atom. The topological polar surface area (TPSA) is 38.7 Å². The normalized spacial score (nSPS) is 11.5. The Bertz CT molecular complexity index is 3990. The molecule has 0 bridgehead atoms. The largest absolute Gasteiger partial charge is 3.00 e. The molecule has 0 aliphatic carbocycles. The molecular formula is C77H60IrN3. The first-order chi connectivity index (χ1) is 38.9. The summed E-state index contributed by atoms with van der Waals surface area (Å²) in [5.74, 6) is 0. The number of pyridine rings is 3. The summed E-state index contributed by atoms with van der Waals surface area (Å²) in [6, 6.07) is 95.8. The third-order valence-corrected chi connectivity index (χ3v) is 15.2. The molecule has 0 fully saturated rings. The van der Waals surface area contributed by atoms with E-state index in [0.29, 0.717) is 0 Å². The molecule has 3 aromatic heterocycles. The number of hydrogen-bond acceptors (Lipinski definition) is 3. The van der Waals surface area contributed by atoms with Crippen molar-refractivity contribution in [3.63, 3.8) is 0 Å². The van der Waals surface area contributed by atoms with Gasteiger partial charge in [0.15, 0.2) is 0 Å². The molecular weight excluding hydrogens is 1160 g/mol. The van der Waals surface area contributed by atoms with E-state index in [1.807, 2.05) is 30.7 Å². The molecule has 0 N–H and O–H groups in total. The van der Waals surface area contributed by atoms with Crippen LogP contribution in [-0.2, 0) is 30.9 Å². The van der Waals surface area contributed by atoms with Crippen molar-refractivity contribution in [3.8, 4) is 123 Å². The Balaban J connectivity index is 0.00000690. The summed E-state index contributed by atoms with van der Waals surface area (Å²) in [7, 11) is 0. The summed E-state index contributed by atoms with van der Waals surface area (Å²) in [4.78, 5) is 14.3. The van der Waals surface area contributed by atoms with Gasteiger partial charge in [0.05, 0.1) is 0 Å². The van der Waals surface area contributed by atoms with Gasteiger partial charge in [-0.05, 0) is 115 Å². The van der Waals surface area contributed by atoms with Crippen LogP contribution in [0.5, 0.6) is 0 Å². The zero-order chi connectivity index (χ0) is 54.8. The van der Waals surface area contributed by atoms with Crippen molar-refractivity contribution < 1.29 is 20.1 Å². The van der Waals surface area contributed by atoms with E-state index in [2.05, 4.69) is 284 Å².